The Morgan fingerprint density at radius 1 is 0.970 bits per heavy atom. The molecule has 0 aromatic carbocycles. The monoisotopic (exact) mass is 574 g/mol. The van der Waals surface area contributed by atoms with Crippen molar-refractivity contribution in [1.29, 1.82) is 0 Å². The van der Waals surface area contributed by atoms with Crippen LogP contribution in [0.4, 0.5) is 0 Å². The van der Waals surface area contributed by atoms with Gasteiger partial charge in [-0.3, -0.25) is 19.5 Å². The standard InChI is InChI=1S/C23H38N6O3.HI/c1-19-8-17-32-21(19)22(31)25-9-7-10-26-23(24-2)29-15-13-27(14-16-29)18-20(30)28-11-5-3-4-6-12-28;/h8,17H,3-7,9-16,18H2,1-2H3,(H,24,26)(H,25,31);1H. The number of piperazine rings is 1. The highest BCUT2D eigenvalue weighted by molar-refractivity contribution is 14.0. The van der Waals surface area contributed by atoms with Crippen molar-refractivity contribution >= 4 is 41.8 Å². The van der Waals surface area contributed by atoms with Crippen LogP contribution in [-0.2, 0) is 4.79 Å². The normalized spacial score (nSPS) is 17.8. The zero-order valence-corrected chi connectivity index (χ0v) is 22.3. The third kappa shape index (κ3) is 8.47. The largest absolute Gasteiger partial charge is 0.459 e. The maximum atomic E-state index is 12.6. The maximum absolute atomic E-state index is 12.6. The van der Waals surface area contributed by atoms with Gasteiger partial charge in [-0.05, 0) is 32.3 Å². The Labute approximate surface area is 214 Å². The first kappa shape index (κ1) is 27.4. The van der Waals surface area contributed by atoms with E-state index in [1.54, 1.807) is 13.1 Å². The van der Waals surface area contributed by atoms with Gasteiger partial charge in [0.1, 0.15) is 0 Å². The molecule has 2 aliphatic rings. The number of likely N-dealkylation sites (tertiary alicyclic amines) is 1. The Kier molecular flexibility index (Phi) is 12.0. The molecule has 0 atom stereocenters. The van der Waals surface area contributed by atoms with Crippen LogP contribution >= 0.6 is 24.0 Å². The Morgan fingerprint density at radius 3 is 2.24 bits per heavy atom. The molecule has 0 bridgehead atoms. The van der Waals surface area contributed by atoms with Gasteiger partial charge in [0.2, 0.25) is 5.91 Å². The molecule has 1 aromatic rings. The van der Waals surface area contributed by atoms with E-state index in [0.29, 0.717) is 18.8 Å². The molecule has 33 heavy (non-hydrogen) atoms. The quantitative estimate of drug-likeness (QED) is 0.224. The third-order valence-electron chi connectivity index (χ3n) is 6.19. The Balaban J connectivity index is 0.00000385. The van der Waals surface area contributed by atoms with Crippen LogP contribution in [0.1, 0.15) is 48.2 Å². The number of aliphatic imine (C=N–C) groups is 1. The second kappa shape index (κ2) is 14.4. The third-order valence-corrected chi connectivity index (χ3v) is 6.19. The van der Waals surface area contributed by atoms with Crippen LogP contribution in [0.15, 0.2) is 21.7 Å². The van der Waals surface area contributed by atoms with Gasteiger partial charge in [0.15, 0.2) is 11.7 Å². The predicted octanol–water partition coefficient (Wildman–Crippen LogP) is 1.92. The molecule has 0 aliphatic carbocycles. The molecule has 0 radical (unpaired) electrons. The average molecular weight is 575 g/mol. The van der Waals surface area contributed by atoms with E-state index in [0.717, 1.165) is 76.6 Å². The lowest BCUT2D eigenvalue weighted by molar-refractivity contribution is -0.132. The molecule has 9 nitrogen and oxygen atoms in total. The maximum Gasteiger partial charge on any atom is 0.287 e. The van der Waals surface area contributed by atoms with E-state index in [1.165, 1.54) is 19.1 Å². The molecule has 0 saturated carbocycles. The number of nitrogens with one attached hydrogen (secondary N) is 2. The van der Waals surface area contributed by atoms with Crippen LogP contribution in [0, 0.1) is 6.92 Å². The summed E-state index contributed by atoms with van der Waals surface area (Å²) in [5, 5.41) is 6.26. The summed E-state index contributed by atoms with van der Waals surface area (Å²) in [6.45, 7) is 8.91. The first-order valence-corrected chi connectivity index (χ1v) is 11.9. The van der Waals surface area contributed by atoms with Crippen molar-refractivity contribution in [2.24, 2.45) is 4.99 Å². The summed E-state index contributed by atoms with van der Waals surface area (Å²) in [7, 11) is 1.79. The summed E-state index contributed by atoms with van der Waals surface area (Å²) in [6, 6.07) is 1.78. The zero-order valence-electron chi connectivity index (χ0n) is 20.0. The lowest BCUT2D eigenvalue weighted by Crippen LogP contribution is -2.54. The van der Waals surface area contributed by atoms with E-state index in [-0.39, 0.29) is 35.8 Å². The summed E-state index contributed by atoms with van der Waals surface area (Å²) in [5.74, 6) is 1.34. The molecule has 0 unspecified atom stereocenters. The van der Waals surface area contributed by atoms with Crippen LogP contribution < -0.4 is 10.6 Å². The fraction of sp³-hybridized carbons (Fsp3) is 0.696. The van der Waals surface area contributed by atoms with E-state index in [4.69, 9.17) is 4.42 Å². The number of nitrogens with zero attached hydrogens (tertiary/aromatic N) is 4. The van der Waals surface area contributed by atoms with E-state index in [9.17, 15) is 9.59 Å². The number of hydrogen-bond donors (Lipinski definition) is 2. The number of carbonyl (C=O) groups excluding carboxylic acids is 2. The summed E-state index contributed by atoms with van der Waals surface area (Å²) in [6.07, 6.45) is 7.06. The number of hydrogen-bond acceptors (Lipinski definition) is 5. The molecule has 2 aliphatic heterocycles. The van der Waals surface area contributed by atoms with Crippen LogP contribution in [0.5, 0.6) is 0 Å². The van der Waals surface area contributed by atoms with Crippen LogP contribution in [0.2, 0.25) is 0 Å². The molecular formula is C23H39IN6O3. The number of carbonyl (C=O) groups is 2. The average Bonchev–Trinajstić information content (AvgIpc) is 3.05. The van der Waals surface area contributed by atoms with Gasteiger partial charge in [0, 0.05) is 65.0 Å². The van der Waals surface area contributed by atoms with E-state index in [1.807, 2.05) is 11.8 Å². The van der Waals surface area contributed by atoms with Gasteiger partial charge in [-0.1, -0.05) is 12.8 Å². The minimum absolute atomic E-state index is 0. The van der Waals surface area contributed by atoms with Crippen molar-refractivity contribution in [2.45, 2.75) is 39.0 Å². The molecule has 3 heterocycles. The second-order valence-electron chi connectivity index (χ2n) is 8.57. The molecule has 186 valence electrons. The molecule has 1 aromatic heterocycles. The Hall–Kier alpha value is -1.82. The van der Waals surface area contributed by atoms with Crippen LogP contribution in [-0.4, -0.2) is 98.4 Å². The summed E-state index contributed by atoms with van der Waals surface area (Å²) < 4.78 is 5.21. The van der Waals surface area contributed by atoms with Gasteiger partial charge in [-0.25, -0.2) is 0 Å². The number of amides is 2. The topological polar surface area (TPSA) is 93.4 Å². The highest BCUT2D eigenvalue weighted by Gasteiger charge is 2.23. The van der Waals surface area contributed by atoms with Crippen molar-refractivity contribution in [3.8, 4) is 0 Å². The number of furan rings is 1. The molecule has 2 amide bonds. The minimum atomic E-state index is -0.178. The lowest BCUT2D eigenvalue weighted by atomic mass is 10.2. The fourth-order valence-corrected chi connectivity index (χ4v) is 4.24. The Bertz CT molecular complexity index is 768. The highest BCUT2D eigenvalue weighted by atomic mass is 127. The zero-order chi connectivity index (χ0) is 22.8. The van der Waals surface area contributed by atoms with E-state index < -0.39 is 0 Å². The van der Waals surface area contributed by atoms with Crippen molar-refractivity contribution in [2.75, 3.05) is 66.0 Å². The lowest BCUT2D eigenvalue weighted by Gasteiger charge is -2.37. The summed E-state index contributed by atoms with van der Waals surface area (Å²) >= 11 is 0. The van der Waals surface area contributed by atoms with Crippen molar-refractivity contribution in [1.82, 2.24) is 25.3 Å². The second-order valence-corrected chi connectivity index (χ2v) is 8.57. The van der Waals surface area contributed by atoms with Crippen molar-refractivity contribution in [3.63, 3.8) is 0 Å². The number of rotatable bonds is 7. The molecule has 10 heteroatoms. The molecule has 3 rings (SSSR count). The van der Waals surface area contributed by atoms with Gasteiger partial charge in [0.25, 0.3) is 5.91 Å². The molecule has 2 fully saturated rings. The van der Waals surface area contributed by atoms with Crippen molar-refractivity contribution in [3.05, 3.63) is 23.7 Å². The first-order valence-electron chi connectivity index (χ1n) is 11.9. The minimum Gasteiger partial charge on any atom is -0.459 e. The highest BCUT2D eigenvalue weighted by Crippen LogP contribution is 2.11. The first-order chi connectivity index (χ1) is 15.6. The molecule has 2 saturated heterocycles. The van der Waals surface area contributed by atoms with Gasteiger partial charge in [0.05, 0.1) is 12.8 Å². The number of aryl methyl sites for hydroxylation is 1. The van der Waals surface area contributed by atoms with Gasteiger partial charge >= 0.3 is 0 Å². The fourth-order valence-electron chi connectivity index (χ4n) is 4.24. The summed E-state index contributed by atoms with van der Waals surface area (Å²) in [4.78, 5) is 35.6. The smallest absolute Gasteiger partial charge is 0.287 e. The van der Waals surface area contributed by atoms with Gasteiger partial charge < -0.3 is 24.9 Å². The van der Waals surface area contributed by atoms with E-state index in [2.05, 4.69) is 25.4 Å². The van der Waals surface area contributed by atoms with Gasteiger partial charge in [-0.15, -0.1) is 24.0 Å². The molecule has 0 spiro atoms. The van der Waals surface area contributed by atoms with Crippen LogP contribution in [0.3, 0.4) is 0 Å². The predicted molar refractivity (Wildman–Crippen MR) is 140 cm³/mol. The van der Waals surface area contributed by atoms with E-state index >= 15 is 0 Å². The SMILES string of the molecule is CN=C(NCCCNC(=O)c1occc1C)N1CCN(CC(=O)N2CCCCCC2)CC1.I. The molecule has 2 N–H and O–H groups in total. The van der Waals surface area contributed by atoms with Crippen LogP contribution in [0.25, 0.3) is 0 Å². The number of halogens is 1. The Morgan fingerprint density at radius 2 is 1.64 bits per heavy atom. The van der Waals surface area contributed by atoms with Crippen molar-refractivity contribution < 1.29 is 14.0 Å². The van der Waals surface area contributed by atoms with Gasteiger partial charge in [-0.2, -0.15) is 0 Å². The summed E-state index contributed by atoms with van der Waals surface area (Å²) in [5.41, 5.74) is 0.841. The molecular weight excluding hydrogens is 535 g/mol. The number of guanidine groups is 1.